The van der Waals surface area contributed by atoms with Crippen molar-refractivity contribution in [2.75, 3.05) is 6.61 Å². The SMILES string of the molecule is CCCCOC(=O)C([N+](=O)[O-])S(=O)(=O)O. The predicted molar refractivity (Wildman–Crippen MR) is 48.2 cm³/mol. The molecule has 0 rings (SSSR count). The van der Waals surface area contributed by atoms with E-state index >= 15 is 0 Å². The first-order chi connectivity index (χ1) is 6.80. The molecule has 0 aromatic heterocycles. The summed E-state index contributed by atoms with van der Waals surface area (Å²) in [6, 6.07) is 0. The molecule has 1 N–H and O–H groups in total. The molecule has 0 aliphatic carbocycles. The highest BCUT2D eigenvalue weighted by molar-refractivity contribution is 7.87. The molecule has 0 fully saturated rings. The summed E-state index contributed by atoms with van der Waals surface area (Å²) in [5.41, 5.74) is 0. The molecule has 0 aromatic rings. The zero-order chi connectivity index (χ0) is 12.1. The molecular weight excluding hydrogens is 230 g/mol. The Morgan fingerprint density at radius 2 is 2.13 bits per heavy atom. The van der Waals surface area contributed by atoms with E-state index in [4.69, 9.17) is 4.55 Å². The Bertz CT molecular complexity index is 335. The minimum atomic E-state index is -5.07. The van der Waals surface area contributed by atoms with Gasteiger partial charge in [0.05, 0.1) is 11.5 Å². The fourth-order valence-corrected chi connectivity index (χ4v) is 1.23. The van der Waals surface area contributed by atoms with Gasteiger partial charge in [-0.25, -0.2) is 4.79 Å². The lowest BCUT2D eigenvalue weighted by Gasteiger charge is -2.06. The maximum absolute atomic E-state index is 10.9. The molecule has 0 amide bonds. The van der Waals surface area contributed by atoms with E-state index < -0.39 is 26.4 Å². The summed E-state index contributed by atoms with van der Waals surface area (Å²) >= 11 is 0. The third-order valence-electron chi connectivity index (χ3n) is 1.42. The number of unbranched alkanes of at least 4 members (excludes halogenated alkanes) is 1. The van der Waals surface area contributed by atoms with Gasteiger partial charge in [-0.05, 0) is 6.42 Å². The number of rotatable bonds is 6. The quantitative estimate of drug-likeness (QED) is 0.225. The first-order valence-electron chi connectivity index (χ1n) is 4.07. The zero-order valence-corrected chi connectivity index (χ0v) is 8.77. The van der Waals surface area contributed by atoms with Gasteiger partial charge in [0.15, 0.2) is 0 Å². The lowest BCUT2D eigenvalue weighted by atomic mass is 10.4. The number of esters is 1. The van der Waals surface area contributed by atoms with Gasteiger partial charge < -0.3 is 4.74 Å². The largest absolute Gasteiger partial charge is 0.460 e. The van der Waals surface area contributed by atoms with Gasteiger partial charge in [0.1, 0.15) is 0 Å². The van der Waals surface area contributed by atoms with Gasteiger partial charge in [0.25, 0.3) is 0 Å². The molecule has 9 heteroatoms. The Labute approximate surface area is 86.1 Å². The zero-order valence-electron chi connectivity index (χ0n) is 7.95. The van der Waals surface area contributed by atoms with Crippen LogP contribution in [0.1, 0.15) is 19.8 Å². The molecule has 8 nitrogen and oxygen atoms in total. The van der Waals surface area contributed by atoms with Crippen LogP contribution in [0.3, 0.4) is 0 Å². The third-order valence-corrected chi connectivity index (χ3v) is 2.35. The van der Waals surface area contributed by atoms with Crippen LogP contribution in [0.5, 0.6) is 0 Å². The van der Waals surface area contributed by atoms with Crippen LogP contribution in [0.2, 0.25) is 0 Å². The number of ether oxygens (including phenoxy) is 1. The summed E-state index contributed by atoms with van der Waals surface area (Å²) in [6.45, 7) is 1.68. The van der Waals surface area contributed by atoms with Gasteiger partial charge in [0, 0.05) is 0 Å². The predicted octanol–water partition coefficient (Wildman–Crippen LogP) is -0.180. The second kappa shape index (κ2) is 5.61. The first kappa shape index (κ1) is 13.8. The van der Waals surface area contributed by atoms with Crippen molar-refractivity contribution in [3.63, 3.8) is 0 Å². The number of hydrogen-bond acceptors (Lipinski definition) is 6. The molecule has 15 heavy (non-hydrogen) atoms. The fourth-order valence-electron chi connectivity index (χ4n) is 0.705. The maximum Gasteiger partial charge on any atom is 0.428 e. The number of hydrogen-bond donors (Lipinski definition) is 1. The molecule has 0 spiro atoms. The number of nitro groups is 1. The Balaban J connectivity index is 4.53. The molecule has 0 heterocycles. The Morgan fingerprint density at radius 3 is 2.47 bits per heavy atom. The lowest BCUT2D eigenvalue weighted by molar-refractivity contribution is -0.487. The topological polar surface area (TPSA) is 124 Å². The summed E-state index contributed by atoms with van der Waals surface area (Å²) in [7, 11) is -5.07. The van der Waals surface area contributed by atoms with Gasteiger partial charge >= 0.3 is 21.5 Å². The van der Waals surface area contributed by atoms with Crippen LogP contribution in [0.4, 0.5) is 0 Å². The lowest BCUT2D eigenvalue weighted by Crippen LogP contribution is -2.38. The Hall–Kier alpha value is -1.22. The van der Waals surface area contributed by atoms with Crippen molar-refractivity contribution >= 4 is 16.1 Å². The Kier molecular flexibility index (Phi) is 5.15. The highest BCUT2D eigenvalue weighted by Gasteiger charge is 2.44. The van der Waals surface area contributed by atoms with Crippen LogP contribution >= 0.6 is 0 Å². The van der Waals surface area contributed by atoms with Crippen molar-refractivity contribution in [1.29, 1.82) is 0 Å². The molecule has 0 aliphatic rings. The van der Waals surface area contributed by atoms with E-state index in [1.54, 1.807) is 6.92 Å². The standard InChI is InChI=1S/C6H11NO7S/c1-2-3-4-14-6(8)5(7(9)10)15(11,12)13/h5H,2-4H2,1H3,(H,11,12,13). The highest BCUT2D eigenvalue weighted by atomic mass is 32.2. The van der Waals surface area contributed by atoms with E-state index in [1.165, 1.54) is 0 Å². The number of carbonyl (C=O) groups excluding carboxylic acids is 1. The van der Waals surface area contributed by atoms with Crippen LogP contribution in [-0.2, 0) is 19.6 Å². The van der Waals surface area contributed by atoms with Crippen LogP contribution in [0.15, 0.2) is 0 Å². The normalized spacial score (nSPS) is 13.2. The number of carbonyl (C=O) groups is 1. The average Bonchev–Trinajstić information content (AvgIpc) is 2.00. The molecule has 1 unspecified atom stereocenters. The van der Waals surface area contributed by atoms with Crippen molar-refractivity contribution in [3.8, 4) is 0 Å². The summed E-state index contributed by atoms with van der Waals surface area (Å²) in [5, 5.41) is 7.43. The van der Waals surface area contributed by atoms with Crippen molar-refractivity contribution in [3.05, 3.63) is 10.1 Å². The van der Waals surface area contributed by atoms with Gasteiger partial charge in [-0.3, -0.25) is 14.7 Å². The average molecular weight is 241 g/mol. The first-order valence-corrected chi connectivity index (χ1v) is 5.57. The van der Waals surface area contributed by atoms with Crippen molar-refractivity contribution < 1.29 is 27.4 Å². The van der Waals surface area contributed by atoms with Gasteiger partial charge in [0.2, 0.25) is 0 Å². The molecule has 0 bridgehead atoms. The van der Waals surface area contributed by atoms with Crippen molar-refractivity contribution in [2.24, 2.45) is 0 Å². The van der Waals surface area contributed by atoms with Crippen LogP contribution < -0.4 is 0 Å². The van der Waals surface area contributed by atoms with E-state index in [9.17, 15) is 23.3 Å². The summed E-state index contributed by atoms with van der Waals surface area (Å²) < 4.78 is 33.6. The van der Waals surface area contributed by atoms with Gasteiger partial charge in [-0.2, -0.15) is 8.42 Å². The maximum atomic E-state index is 10.9. The van der Waals surface area contributed by atoms with E-state index in [1.807, 2.05) is 0 Å². The van der Waals surface area contributed by atoms with Gasteiger partial charge in [-0.15, -0.1) is 0 Å². The van der Waals surface area contributed by atoms with Crippen LogP contribution in [-0.4, -0.2) is 35.8 Å². The summed E-state index contributed by atoms with van der Waals surface area (Å²) in [5.74, 6) is -1.57. The van der Waals surface area contributed by atoms with Crippen molar-refractivity contribution in [2.45, 2.75) is 25.1 Å². The van der Waals surface area contributed by atoms with E-state index in [0.29, 0.717) is 12.8 Å². The summed E-state index contributed by atoms with van der Waals surface area (Å²) in [6.07, 6.45) is 1.14. The van der Waals surface area contributed by atoms with Gasteiger partial charge in [-0.1, -0.05) is 13.3 Å². The van der Waals surface area contributed by atoms with Crippen molar-refractivity contribution in [1.82, 2.24) is 0 Å². The number of nitrogens with zero attached hydrogens (tertiary/aromatic N) is 1. The molecule has 1 atom stereocenters. The second-order valence-electron chi connectivity index (χ2n) is 2.67. The molecule has 88 valence electrons. The summed E-state index contributed by atoms with van der Waals surface area (Å²) in [4.78, 5) is 19.7. The third kappa shape index (κ3) is 4.70. The van der Waals surface area contributed by atoms with Crippen LogP contribution in [0, 0.1) is 10.1 Å². The van der Waals surface area contributed by atoms with E-state index in [2.05, 4.69) is 4.74 Å². The minimum Gasteiger partial charge on any atom is -0.460 e. The molecule has 0 saturated heterocycles. The fraction of sp³-hybridized carbons (Fsp3) is 0.833. The second-order valence-corrected chi connectivity index (χ2v) is 4.15. The smallest absolute Gasteiger partial charge is 0.428 e. The molecular formula is C6H11NO7S. The monoisotopic (exact) mass is 241 g/mol. The molecule has 0 radical (unpaired) electrons. The molecule has 0 saturated carbocycles. The van der Waals surface area contributed by atoms with E-state index in [-0.39, 0.29) is 6.61 Å². The minimum absolute atomic E-state index is 0.116. The Morgan fingerprint density at radius 1 is 1.60 bits per heavy atom. The van der Waals surface area contributed by atoms with E-state index in [0.717, 1.165) is 0 Å². The molecule has 0 aromatic carbocycles. The highest BCUT2D eigenvalue weighted by Crippen LogP contribution is 2.03. The molecule has 0 aliphatic heterocycles. The van der Waals surface area contributed by atoms with Crippen LogP contribution in [0.25, 0.3) is 0 Å².